The third kappa shape index (κ3) is 6.53. The quantitative estimate of drug-likeness (QED) is 0.538. The molecule has 40 heavy (non-hydrogen) atoms. The highest BCUT2D eigenvalue weighted by atomic mass is 16.7. The van der Waals surface area contributed by atoms with Crippen molar-refractivity contribution in [2.45, 2.75) is 65.3 Å². The summed E-state index contributed by atoms with van der Waals surface area (Å²) < 4.78 is 16.6. The van der Waals surface area contributed by atoms with Crippen LogP contribution in [0.2, 0.25) is 0 Å². The molecular weight excluding hydrogens is 508 g/mol. The summed E-state index contributed by atoms with van der Waals surface area (Å²) >= 11 is 0. The average molecular weight is 551 g/mol. The summed E-state index contributed by atoms with van der Waals surface area (Å²) in [6.07, 6.45) is 1.63. The lowest BCUT2D eigenvalue weighted by Crippen LogP contribution is -2.56. The Morgan fingerprint density at radius 3 is 2.55 bits per heavy atom. The van der Waals surface area contributed by atoms with Crippen molar-refractivity contribution in [2.75, 3.05) is 40.1 Å². The molecule has 5 rings (SSSR count). The second-order valence-corrected chi connectivity index (χ2v) is 12.1. The zero-order valence-electron chi connectivity index (χ0n) is 24.2. The largest absolute Gasteiger partial charge is 0.497 e. The first kappa shape index (κ1) is 28.2. The number of amides is 2. The Morgan fingerprint density at radius 2 is 1.80 bits per heavy atom. The maximum absolute atomic E-state index is 14.0. The van der Waals surface area contributed by atoms with Gasteiger partial charge in [-0.05, 0) is 53.6 Å². The fourth-order valence-corrected chi connectivity index (χ4v) is 5.89. The van der Waals surface area contributed by atoms with Gasteiger partial charge < -0.3 is 29.3 Å². The Labute approximate surface area is 237 Å². The molecule has 2 aromatic carbocycles. The highest BCUT2D eigenvalue weighted by Gasteiger charge is 2.44. The zero-order chi connectivity index (χ0) is 28.3. The minimum Gasteiger partial charge on any atom is -0.497 e. The molecule has 0 radical (unpaired) electrons. The lowest BCUT2D eigenvalue weighted by molar-refractivity contribution is -0.145. The number of nitrogens with one attached hydrogen (secondary N) is 1. The molecule has 2 fully saturated rings. The van der Waals surface area contributed by atoms with Gasteiger partial charge in [0.25, 0.3) is 0 Å². The lowest BCUT2D eigenvalue weighted by Gasteiger charge is -2.40. The number of ether oxygens (including phenoxy) is 3. The number of carbonyl (C=O) groups excluding carboxylic acids is 2. The maximum Gasteiger partial charge on any atom is 0.240 e. The smallest absolute Gasteiger partial charge is 0.240 e. The first-order valence-corrected chi connectivity index (χ1v) is 14.3. The van der Waals surface area contributed by atoms with Gasteiger partial charge in [0.05, 0.1) is 19.3 Å². The summed E-state index contributed by atoms with van der Waals surface area (Å²) in [5.41, 5.74) is 1.86. The molecule has 0 spiro atoms. The van der Waals surface area contributed by atoms with Crippen LogP contribution in [0.15, 0.2) is 42.5 Å². The number of methoxy groups -OCH3 is 1. The van der Waals surface area contributed by atoms with Crippen LogP contribution in [-0.2, 0) is 22.7 Å². The molecule has 2 saturated heterocycles. The van der Waals surface area contributed by atoms with Gasteiger partial charge >= 0.3 is 0 Å². The van der Waals surface area contributed by atoms with Crippen LogP contribution in [0.25, 0.3) is 0 Å². The van der Waals surface area contributed by atoms with E-state index < -0.39 is 0 Å². The van der Waals surface area contributed by atoms with Gasteiger partial charge in [-0.3, -0.25) is 14.5 Å². The number of carbonyl (C=O) groups is 2. The second-order valence-electron chi connectivity index (χ2n) is 12.1. The Hall–Kier alpha value is -3.30. The van der Waals surface area contributed by atoms with Crippen LogP contribution >= 0.6 is 0 Å². The monoisotopic (exact) mass is 550 g/mol. The Morgan fingerprint density at radius 1 is 1.02 bits per heavy atom. The minimum absolute atomic E-state index is 0.0891. The summed E-state index contributed by atoms with van der Waals surface area (Å²) in [5, 5.41) is 3.34. The number of hydrogen-bond donors (Lipinski definition) is 1. The van der Waals surface area contributed by atoms with E-state index in [1.54, 1.807) is 7.11 Å². The van der Waals surface area contributed by atoms with Crippen molar-refractivity contribution in [2.24, 2.45) is 5.41 Å². The van der Waals surface area contributed by atoms with E-state index in [0.29, 0.717) is 39.0 Å². The van der Waals surface area contributed by atoms with Crippen molar-refractivity contribution in [3.8, 4) is 17.2 Å². The average Bonchev–Trinajstić information content (AvgIpc) is 3.58. The predicted octanol–water partition coefficient (Wildman–Crippen LogP) is 3.61. The first-order chi connectivity index (χ1) is 19.2. The summed E-state index contributed by atoms with van der Waals surface area (Å²) in [6, 6.07) is 13.5. The van der Waals surface area contributed by atoms with Gasteiger partial charge in [-0.25, -0.2) is 0 Å². The van der Waals surface area contributed by atoms with E-state index in [1.165, 1.54) is 0 Å². The van der Waals surface area contributed by atoms with Crippen molar-refractivity contribution in [1.29, 1.82) is 0 Å². The van der Waals surface area contributed by atoms with Crippen LogP contribution in [-0.4, -0.2) is 78.8 Å². The maximum atomic E-state index is 14.0. The molecular formula is C31H42N4O5. The van der Waals surface area contributed by atoms with Crippen LogP contribution in [0.4, 0.5) is 0 Å². The molecule has 0 bridgehead atoms. The van der Waals surface area contributed by atoms with Crippen LogP contribution in [0.1, 0.15) is 51.2 Å². The molecule has 2 atom stereocenters. The van der Waals surface area contributed by atoms with Crippen LogP contribution < -0.4 is 19.5 Å². The highest BCUT2D eigenvalue weighted by molar-refractivity contribution is 5.83. The number of nitrogens with zero attached hydrogens (tertiary/aromatic N) is 3. The van der Waals surface area contributed by atoms with Crippen molar-refractivity contribution in [1.82, 2.24) is 20.0 Å². The summed E-state index contributed by atoms with van der Waals surface area (Å²) in [5.74, 6) is 2.45. The summed E-state index contributed by atoms with van der Waals surface area (Å²) in [6.45, 7) is 10.5. The van der Waals surface area contributed by atoms with E-state index in [4.69, 9.17) is 14.2 Å². The summed E-state index contributed by atoms with van der Waals surface area (Å²) in [7, 11) is 1.65. The molecule has 1 N–H and O–H groups in total. The molecule has 216 valence electrons. The van der Waals surface area contributed by atoms with Gasteiger partial charge in [0.2, 0.25) is 18.6 Å². The van der Waals surface area contributed by atoms with Gasteiger partial charge in [-0.2, -0.15) is 0 Å². The van der Waals surface area contributed by atoms with Crippen LogP contribution in [0.3, 0.4) is 0 Å². The van der Waals surface area contributed by atoms with Gasteiger partial charge in [0, 0.05) is 45.7 Å². The molecule has 3 aliphatic rings. The van der Waals surface area contributed by atoms with Crippen molar-refractivity contribution < 1.29 is 23.8 Å². The van der Waals surface area contributed by atoms with Crippen molar-refractivity contribution in [3.63, 3.8) is 0 Å². The Balaban J connectivity index is 1.47. The minimum atomic E-state index is -0.302. The van der Waals surface area contributed by atoms with E-state index in [2.05, 4.69) is 31.0 Å². The first-order valence-electron chi connectivity index (χ1n) is 14.3. The lowest BCUT2D eigenvalue weighted by atomic mass is 9.91. The number of benzene rings is 2. The zero-order valence-corrected chi connectivity index (χ0v) is 24.2. The molecule has 0 aromatic heterocycles. The molecule has 2 aromatic rings. The van der Waals surface area contributed by atoms with Gasteiger partial charge in [0.15, 0.2) is 11.5 Å². The van der Waals surface area contributed by atoms with Gasteiger partial charge in [0.1, 0.15) is 5.75 Å². The number of hydrogen-bond acceptors (Lipinski definition) is 7. The molecule has 3 heterocycles. The molecule has 2 amide bonds. The number of likely N-dealkylation sites (tertiary alicyclic amines) is 1. The fourth-order valence-electron chi connectivity index (χ4n) is 5.89. The van der Waals surface area contributed by atoms with Crippen molar-refractivity contribution in [3.05, 3.63) is 53.6 Å². The van der Waals surface area contributed by atoms with Gasteiger partial charge in [-0.15, -0.1) is 0 Å². The molecule has 2 unspecified atom stereocenters. The third-order valence-corrected chi connectivity index (χ3v) is 7.85. The summed E-state index contributed by atoms with van der Waals surface area (Å²) in [4.78, 5) is 34.0. The van der Waals surface area contributed by atoms with E-state index in [9.17, 15) is 9.59 Å². The molecule has 0 saturated carbocycles. The standard InChI is InChI=1S/C31H42N4O5/c1-31(2,3)18-29(36)35(20-22-6-5-7-24(16-22)38-4)28-11-9-25(30(37)33-14-12-32-13-15-33)34(28)19-23-8-10-26-27(17-23)40-21-39-26/h5-8,10,16-17,25,28,32H,9,11-15,18-21H2,1-4H3. The third-order valence-electron chi connectivity index (χ3n) is 7.85. The van der Waals surface area contributed by atoms with Gasteiger partial charge in [-0.1, -0.05) is 39.0 Å². The van der Waals surface area contributed by atoms with Crippen molar-refractivity contribution >= 4 is 11.8 Å². The van der Waals surface area contributed by atoms with Crippen LogP contribution in [0, 0.1) is 5.41 Å². The SMILES string of the molecule is COc1cccc(CN(C(=O)CC(C)(C)C)C2CCC(C(=O)N3CCNCC3)N2Cc2ccc3c(c2)OCO3)c1. The fraction of sp³-hybridized carbons (Fsp3) is 0.548. The number of piperazine rings is 1. The van der Waals surface area contributed by atoms with E-state index in [1.807, 2.05) is 52.3 Å². The highest BCUT2D eigenvalue weighted by Crippen LogP contribution is 2.36. The predicted molar refractivity (Wildman–Crippen MR) is 152 cm³/mol. The molecule has 0 aliphatic carbocycles. The molecule has 9 heteroatoms. The second kappa shape index (κ2) is 12.1. The topological polar surface area (TPSA) is 83.6 Å². The molecule has 9 nitrogen and oxygen atoms in total. The van der Waals surface area contributed by atoms with E-state index in [0.717, 1.165) is 47.9 Å². The van der Waals surface area contributed by atoms with E-state index in [-0.39, 0.29) is 36.2 Å². The normalized spacial score (nSPS) is 20.9. The Bertz CT molecular complexity index is 1210. The van der Waals surface area contributed by atoms with Crippen LogP contribution in [0.5, 0.6) is 17.2 Å². The number of rotatable bonds is 8. The molecule has 3 aliphatic heterocycles. The van der Waals surface area contributed by atoms with E-state index >= 15 is 0 Å². The number of fused-ring (bicyclic) bond motifs is 1. The Kier molecular flexibility index (Phi) is 8.51.